The van der Waals surface area contributed by atoms with Gasteiger partial charge in [-0.15, -0.1) is 0 Å². The molecular weight excluding hydrogens is 338 g/mol. The van der Waals surface area contributed by atoms with Crippen molar-refractivity contribution in [1.29, 1.82) is 0 Å². The van der Waals surface area contributed by atoms with Crippen LogP contribution < -0.4 is 15.0 Å². The fourth-order valence-corrected chi connectivity index (χ4v) is 3.19. The fourth-order valence-electron chi connectivity index (χ4n) is 2.32. The highest BCUT2D eigenvalue weighted by Gasteiger charge is 2.12. The second-order valence-corrected chi connectivity index (χ2v) is 6.21. The maximum absolute atomic E-state index is 12.8. The topological polar surface area (TPSA) is 66.2 Å². The van der Waals surface area contributed by atoms with Crippen molar-refractivity contribution in [2.45, 2.75) is 16.8 Å². The molecule has 0 fully saturated rings. The van der Waals surface area contributed by atoms with Crippen LogP contribution in [0.4, 0.5) is 0 Å². The molecule has 0 aliphatic carbocycles. The molecule has 0 spiro atoms. The van der Waals surface area contributed by atoms with E-state index in [0.717, 1.165) is 22.7 Å². The van der Waals surface area contributed by atoms with E-state index >= 15 is 0 Å². The van der Waals surface area contributed by atoms with Crippen molar-refractivity contribution < 1.29 is 9.47 Å². The van der Waals surface area contributed by atoms with E-state index in [9.17, 15) is 4.79 Å². The smallest absolute Gasteiger partial charge is 0.271 e. The Morgan fingerprint density at radius 2 is 1.84 bits per heavy atom. The highest BCUT2D eigenvalue weighted by Crippen LogP contribution is 2.30. The first-order valence-electron chi connectivity index (χ1n) is 7.52. The number of hydrogen-bond donors (Lipinski definition) is 0. The quantitative estimate of drug-likeness (QED) is 0.701. The third kappa shape index (κ3) is 3.51. The van der Waals surface area contributed by atoms with Gasteiger partial charge in [-0.3, -0.25) is 9.36 Å². The Kier molecular flexibility index (Phi) is 5.04. The van der Waals surface area contributed by atoms with Gasteiger partial charge in [0.25, 0.3) is 5.56 Å². The van der Waals surface area contributed by atoms with Crippen LogP contribution in [-0.4, -0.2) is 28.8 Å². The first-order valence-corrected chi connectivity index (χ1v) is 8.34. The molecule has 3 rings (SSSR count). The second kappa shape index (κ2) is 7.40. The molecule has 2 heterocycles. The average Bonchev–Trinajstić information content (AvgIpc) is 2.65. The van der Waals surface area contributed by atoms with Crippen LogP contribution in [0.25, 0.3) is 5.69 Å². The van der Waals surface area contributed by atoms with E-state index in [2.05, 4.69) is 9.97 Å². The molecule has 7 heteroatoms. The Hall–Kier alpha value is -2.80. The van der Waals surface area contributed by atoms with E-state index in [4.69, 9.17) is 9.47 Å². The number of pyridine rings is 1. The van der Waals surface area contributed by atoms with Gasteiger partial charge in [0.1, 0.15) is 22.9 Å². The number of ether oxygens (including phenoxy) is 2. The van der Waals surface area contributed by atoms with Crippen molar-refractivity contribution in [2.75, 3.05) is 14.2 Å². The molecule has 0 aliphatic heterocycles. The van der Waals surface area contributed by atoms with Gasteiger partial charge in [-0.05, 0) is 37.3 Å². The molecule has 128 valence electrons. The van der Waals surface area contributed by atoms with Crippen LogP contribution in [0.15, 0.2) is 63.8 Å². The summed E-state index contributed by atoms with van der Waals surface area (Å²) < 4.78 is 11.9. The van der Waals surface area contributed by atoms with E-state index in [1.807, 2.05) is 19.1 Å². The second-order valence-electron chi connectivity index (χ2n) is 5.18. The molecule has 0 N–H and O–H groups in total. The lowest BCUT2D eigenvalue weighted by molar-refractivity contribution is 0.409. The molecule has 0 saturated heterocycles. The maximum Gasteiger partial charge on any atom is 0.271 e. The molecule has 0 aliphatic rings. The molecule has 0 radical (unpaired) electrons. The lowest BCUT2D eigenvalue weighted by atomic mass is 10.3. The predicted octanol–water partition coefficient (Wildman–Crippen LogP) is 3.10. The Balaban J connectivity index is 1.98. The number of hydrogen-bond acceptors (Lipinski definition) is 6. The molecule has 25 heavy (non-hydrogen) atoms. The highest BCUT2D eigenvalue weighted by atomic mass is 32.2. The standard InChI is InChI=1S/C18H17N3O3S/c1-12-15(24-3)8-9-20-17(12)25-16-10-19-11-21(18(16)22)13-4-6-14(23-2)7-5-13/h4-11H,1-3H3. The average molecular weight is 355 g/mol. The van der Waals surface area contributed by atoms with Crippen molar-refractivity contribution in [2.24, 2.45) is 0 Å². The third-order valence-corrected chi connectivity index (χ3v) is 4.79. The number of aromatic nitrogens is 3. The van der Waals surface area contributed by atoms with Gasteiger partial charge in [-0.1, -0.05) is 11.8 Å². The van der Waals surface area contributed by atoms with E-state index in [1.54, 1.807) is 44.8 Å². The minimum Gasteiger partial charge on any atom is -0.497 e. The molecule has 0 amide bonds. The van der Waals surface area contributed by atoms with Crippen LogP contribution in [0.2, 0.25) is 0 Å². The van der Waals surface area contributed by atoms with Gasteiger partial charge in [-0.25, -0.2) is 9.97 Å². The summed E-state index contributed by atoms with van der Waals surface area (Å²) in [6.07, 6.45) is 4.71. The first kappa shape index (κ1) is 17.0. The Morgan fingerprint density at radius 1 is 1.08 bits per heavy atom. The summed E-state index contributed by atoms with van der Waals surface area (Å²) in [5.74, 6) is 1.46. The molecule has 3 aromatic rings. The largest absolute Gasteiger partial charge is 0.497 e. The number of benzene rings is 1. The van der Waals surface area contributed by atoms with E-state index in [1.165, 1.54) is 22.7 Å². The van der Waals surface area contributed by atoms with Gasteiger partial charge < -0.3 is 9.47 Å². The van der Waals surface area contributed by atoms with Crippen molar-refractivity contribution in [3.05, 3.63) is 65.0 Å². The van der Waals surface area contributed by atoms with Crippen molar-refractivity contribution >= 4 is 11.8 Å². The molecule has 6 nitrogen and oxygen atoms in total. The molecule has 0 bridgehead atoms. The summed E-state index contributed by atoms with van der Waals surface area (Å²) in [6, 6.07) is 9.01. The summed E-state index contributed by atoms with van der Waals surface area (Å²) in [5.41, 5.74) is 1.44. The van der Waals surface area contributed by atoms with Gasteiger partial charge in [0.15, 0.2) is 0 Å². The summed E-state index contributed by atoms with van der Waals surface area (Å²) in [7, 11) is 3.21. The van der Waals surface area contributed by atoms with Crippen LogP contribution in [0.3, 0.4) is 0 Å². The summed E-state index contributed by atoms with van der Waals surface area (Å²) in [5, 5.41) is 0.714. The zero-order chi connectivity index (χ0) is 17.8. The molecule has 2 aromatic heterocycles. The van der Waals surface area contributed by atoms with Gasteiger partial charge in [0.2, 0.25) is 0 Å². The van der Waals surface area contributed by atoms with Crippen LogP contribution in [0, 0.1) is 6.92 Å². The first-order chi connectivity index (χ1) is 12.1. The SMILES string of the molecule is COc1ccc(-n2cncc(Sc3nccc(OC)c3C)c2=O)cc1. The number of methoxy groups -OCH3 is 2. The monoisotopic (exact) mass is 355 g/mol. The van der Waals surface area contributed by atoms with E-state index < -0.39 is 0 Å². The fraction of sp³-hybridized carbons (Fsp3) is 0.167. The molecule has 0 atom stereocenters. The van der Waals surface area contributed by atoms with Crippen molar-refractivity contribution in [1.82, 2.24) is 14.5 Å². The maximum atomic E-state index is 12.8. The Bertz CT molecular complexity index is 939. The normalized spacial score (nSPS) is 10.5. The molecule has 0 unspecified atom stereocenters. The zero-order valence-electron chi connectivity index (χ0n) is 14.1. The minimum absolute atomic E-state index is 0.158. The van der Waals surface area contributed by atoms with E-state index in [-0.39, 0.29) is 5.56 Å². The van der Waals surface area contributed by atoms with Crippen molar-refractivity contribution in [3.63, 3.8) is 0 Å². The number of nitrogens with zero attached hydrogens (tertiary/aromatic N) is 3. The minimum atomic E-state index is -0.158. The van der Waals surface area contributed by atoms with Gasteiger partial charge in [0, 0.05) is 18.0 Å². The summed E-state index contributed by atoms with van der Waals surface area (Å²) in [4.78, 5) is 21.8. The summed E-state index contributed by atoms with van der Waals surface area (Å²) in [6.45, 7) is 1.91. The van der Waals surface area contributed by atoms with E-state index in [0.29, 0.717) is 9.92 Å². The Morgan fingerprint density at radius 3 is 2.52 bits per heavy atom. The zero-order valence-corrected chi connectivity index (χ0v) is 14.9. The van der Waals surface area contributed by atoms with Gasteiger partial charge in [-0.2, -0.15) is 0 Å². The predicted molar refractivity (Wildman–Crippen MR) is 96.0 cm³/mol. The van der Waals surface area contributed by atoms with Crippen LogP contribution in [-0.2, 0) is 0 Å². The van der Waals surface area contributed by atoms with Crippen LogP contribution in [0.5, 0.6) is 11.5 Å². The molecular formula is C18H17N3O3S. The number of rotatable bonds is 5. The van der Waals surface area contributed by atoms with Gasteiger partial charge in [0.05, 0.1) is 24.8 Å². The Labute approximate surface area is 149 Å². The molecule has 0 saturated carbocycles. The van der Waals surface area contributed by atoms with Crippen molar-refractivity contribution in [3.8, 4) is 17.2 Å². The highest BCUT2D eigenvalue weighted by molar-refractivity contribution is 7.99. The molecule has 1 aromatic carbocycles. The summed E-state index contributed by atoms with van der Waals surface area (Å²) >= 11 is 1.28. The lowest BCUT2D eigenvalue weighted by Gasteiger charge is -2.10. The van der Waals surface area contributed by atoms with Crippen LogP contribution >= 0.6 is 11.8 Å². The lowest BCUT2D eigenvalue weighted by Crippen LogP contribution is -2.20. The third-order valence-electron chi connectivity index (χ3n) is 3.69. The van der Waals surface area contributed by atoms with Crippen LogP contribution in [0.1, 0.15) is 5.56 Å². The van der Waals surface area contributed by atoms with Gasteiger partial charge >= 0.3 is 0 Å².